The lowest BCUT2D eigenvalue weighted by Crippen LogP contribution is -2.10. The maximum Gasteiger partial charge on any atom is 0.227 e. The van der Waals surface area contributed by atoms with Crippen LogP contribution in [-0.2, 0) is 0 Å². The molecule has 9 aromatic carbocycles. The molecule has 0 radical (unpaired) electrons. The van der Waals surface area contributed by atoms with Crippen LogP contribution in [0.15, 0.2) is 186 Å². The molecule has 5 heteroatoms. The highest BCUT2D eigenvalue weighted by Gasteiger charge is 2.18. The van der Waals surface area contributed by atoms with Crippen molar-refractivity contribution in [1.29, 1.82) is 0 Å². The van der Waals surface area contributed by atoms with Crippen molar-refractivity contribution in [3.63, 3.8) is 0 Å². The summed E-state index contributed by atoms with van der Waals surface area (Å²) >= 11 is 3.76. The van der Waals surface area contributed by atoms with E-state index in [-0.39, 0.29) is 0 Å². The lowest BCUT2D eigenvalue weighted by Gasteiger charge is -2.26. The van der Waals surface area contributed by atoms with Crippen molar-refractivity contribution in [3.8, 4) is 22.6 Å². The first kappa shape index (κ1) is 31.5. The van der Waals surface area contributed by atoms with Crippen LogP contribution in [0.4, 0.5) is 17.1 Å². The Balaban J connectivity index is 0.999. The van der Waals surface area contributed by atoms with E-state index in [1.807, 2.05) is 46.9 Å². The van der Waals surface area contributed by atoms with Gasteiger partial charge in [0.25, 0.3) is 0 Å². The fourth-order valence-electron chi connectivity index (χ4n) is 8.31. The zero-order valence-corrected chi connectivity index (χ0v) is 31.6. The summed E-state index contributed by atoms with van der Waals surface area (Å²) < 4.78 is 11.3. The lowest BCUT2D eigenvalue weighted by molar-refractivity contribution is 0.620. The molecule has 0 atom stereocenters. The van der Waals surface area contributed by atoms with Crippen LogP contribution in [0.1, 0.15) is 0 Å². The molecule has 3 heterocycles. The van der Waals surface area contributed by atoms with Gasteiger partial charge in [0.1, 0.15) is 5.52 Å². The van der Waals surface area contributed by atoms with Gasteiger partial charge < -0.3 is 9.32 Å². The Morgan fingerprint density at radius 2 is 0.875 bits per heavy atom. The molecule has 0 bridgehead atoms. The Hall–Kier alpha value is -6.79. The number of rotatable bonds is 5. The van der Waals surface area contributed by atoms with Crippen LogP contribution in [-0.4, -0.2) is 4.98 Å². The Morgan fingerprint density at radius 3 is 1.46 bits per heavy atom. The number of benzene rings is 9. The lowest BCUT2D eigenvalue weighted by atomic mass is 10.0. The zero-order valence-electron chi connectivity index (χ0n) is 29.9. The highest BCUT2D eigenvalue weighted by molar-refractivity contribution is 7.27. The molecule has 0 aliphatic heterocycles. The first-order chi connectivity index (χ1) is 27.7. The third-order valence-corrected chi connectivity index (χ3v) is 13.5. The summed E-state index contributed by atoms with van der Waals surface area (Å²) in [5, 5.41) is 10.3. The molecule has 3 aromatic heterocycles. The van der Waals surface area contributed by atoms with Crippen LogP contribution in [0.2, 0.25) is 0 Å². The minimum atomic E-state index is 0.635. The summed E-state index contributed by atoms with van der Waals surface area (Å²) in [4.78, 5) is 7.11. The van der Waals surface area contributed by atoms with Gasteiger partial charge in [-0.1, -0.05) is 109 Å². The van der Waals surface area contributed by atoms with Gasteiger partial charge >= 0.3 is 0 Å². The molecule has 0 spiro atoms. The van der Waals surface area contributed by atoms with Crippen LogP contribution in [0.3, 0.4) is 0 Å². The van der Waals surface area contributed by atoms with E-state index in [0.717, 1.165) is 44.9 Å². The van der Waals surface area contributed by atoms with Crippen molar-refractivity contribution < 1.29 is 4.42 Å². The molecule has 0 saturated carbocycles. The van der Waals surface area contributed by atoms with Gasteiger partial charge in [-0.25, -0.2) is 4.98 Å². The molecule has 0 N–H and O–H groups in total. The van der Waals surface area contributed by atoms with Gasteiger partial charge in [0, 0.05) is 73.7 Å². The van der Waals surface area contributed by atoms with Crippen molar-refractivity contribution in [2.75, 3.05) is 4.90 Å². The van der Waals surface area contributed by atoms with Gasteiger partial charge in [-0.2, -0.15) is 0 Å². The maximum atomic E-state index is 6.04. The van der Waals surface area contributed by atoms with E-state index < -0.39 is 0 Å². The molecule has 56 heavy (non-hydrogen) atoms. The van der Waals surface area contributed by atoms with Gasteiger partial charge in [-0.3, -0.25) is 0 Å². The zero-order chi connectivity index (χ0) is 36.7. The molecule has 262 valence electrons. The molecule has 0 fully saturated rings. The molecule has 0 amide bonds. The summed E-state index contributed by atoms with van der Waals surface area (Å²) in [6, 6.07) is 65.8. The first-order valence-electron chi connectivity index (χ1n) is 18.8. The van der Waals surface area contributed by atoms with Crippen molar-refractivity contribution in [2.24, 2.45) is 0 Å². The van der Waals surface area contributed by atoms with Gasteiger partial charge in [0.2, 0.25) is 5.89 Å². The van der Waals surface area contributed by atoms with E-state index in [9.17, 15) is 0 Å². The van der Waals surface area contributed by atoms with E-state index in [2.05, 4.69) is 163 Å². The second kappa shape index (κ2) is 12.4. The average Bonchev–Trinajstić information content (AvgIpc) is 3.98. The standard InChI is InChI=1S/C51H30N2OS2/c1-5-11-47-39(7-1)41-27-21-33-19-25-37(29-43(33)49(41)55-47)53(38-26-20-34-22-28-42-40-8-2-6-12-48(40)56-50(42)44(34)30-38)36-23-17-32(18-24-36)31-13-15-35(16-14-31)51-52-45-9-3-4-10-46(45)54-51/h1-30H. The van der Waals surface area contributed by atoms with Crippen molar-refractivity contribution in [3.05, 3.63) is 182 Å². The predicted molar refractivity (Wildman–Crippen MR) is 240 cm³/mol. The quantitative estimate of drug-likeness (QED) is 0.175. The number of hydrogen-bond donors (Lipinski definition) is 0. The SMILES string of the molecule is c1ccc2oc(-c3ccc(-c4ccc(N(c5ccc6ccc7c8ccccc8sc7c6c5)c5ccc6ccc7c8ccccc8sc7c6c5)cc4)cc3)nc2c1. The first-order valence-corrected chi connectivity index (χ1v) is 20.4. The Labute approximate surface area is 329 Å². The number of anilines is 3. The third kappa shape index (κ3) is 4.98. The van der Waals surface area contributed by atoms with E-state index in [0.29, 0.717) is 5.89 Å². The largest absolute Gasteiger partial charge is 0.436 e. The Morgan fingerprint density at radius 1 is 0.393 bits per heavy atom. The van der Waals surface area contributed by atoms with E-state index >= 15 is 0 Å². The van der Waals surface area contributed by atoms with E-state index in [1.165, 1.54) is 61.9 Å². The van der Waals surface area contributed by atoms with Gasteiger partial charge in [-0.05, 0) is 94.7 Å². The molecule has 12 aromatic rings. The number of nitrogens with zero attached hydrogens (tertiary/aromatic N) is 2. The minimum Gasteiger partial charge on any atom is -0.436 e. The van der Waals surface area contributed by atoms with Crippen LogP contribution in [0.5, 0.6) is 0 Å². The Bertz CT molecular complexity index is 3300. The number of aromatic nitrogens is 1. The molecule has 3 nitrogen and oxygen atoms in total. The van der Waals surface area contributed by atoms with Crippen LogP contribution in [0, 0.1) is 0 Å². The highest BCUT2D eigenvalue weighted by atomic mass is 32.1. The molecule has 0 saturated heterocycles. The summed E-state index contributed by atoms with van der Waals surface area (Å²) in [5.41, 5.74) is 8.26. The third-order valence-electron chi connectivity index (χ3n) is 11.1. The average molecular weight is 751 g/mol. The van der Waals surface area contributed by atoms with Crippen molar-refractivity contribution in [1.82, 2.24) is 4.98 Å². The maximum absolute atomic E-state index is 6.04. The fraction of sp³-hybridized carbons (Fsp3) is 0. The molecular weight excluding hydrogens is 721 g/mol. The van der Waals surface area contributed by atoms with E-state index in [1.54, 1.807) is 0 Å². The van der Waals surface area contributed by atoms with Crippen LogP contribution in [0.25, 0.3) is 95.6 Å². The van der Waals surface area contributed by atoms with E-state index in [4.69, 9.17) is 9.40 Å². The number of fused-ring (bicyclic) bond motifs is 11. The van der Waals surface area contributed by atoms with Gasteiger partial charge in [0.05, 0.1) is 0 Å². The van der Waals surface area contributed by atoms with Crippen molar-refractivity contribution >= 4 is 113 Å². The number of oxazole rings is 1. The number of hydrogen-bond acceptors (Lipinski definition) is 5. The predicted octanol–water partition coefficient (Wildman–Crippen LogP) is 15.7. The summed E-state index contributed by atoms with van der Waals surface area (Å²) in [7, 11) is 0. The van der Waals surface area contributed by atoms with Crippen LogP contribution >= 0.6 is 22.7 Å². The molecular formula is C51H30N2OS2. The topological polar surface area (TPSA) is 29.3 Å². The Kier molecular flexibility index (Phi) is 6.97. The monoisotopic (exact) mass is 750 g/mol. The molecule has 0 aliphatic rings. The second-order valence-electron chi connectivity index (χ2n) is 14.3. The van der Waals surface area contributed by atoms with Crippen molar-refractivity contribution in [2.45, 2.75) is 0 Å². The second-order valence-corrected chi connectivity index (χ2v) is 16.4. The molecule has 0 unspecified atom stereocenters. The molecule has 12 rings (SSSR count). The number of para-hydroxylation sites is 2. The smallest absolute Gasteiger partial charge is 0.227 e. The molecule has 0 aliphatic carbocycles. The van der Waals surface area contributed by atoms with Gasteiger partial charge in [-0.15, -0.1) is 22.7 Å². The summed E-state index contributed by atoms with van der Waals surface area (Å²) in [5.74, 6) is 0.635. The number of thiophene rings is 2. The normalized spacial score (nSPS) is 11.9. The minimum absolute atomic E-state index is 0.635. The van der Waals surface area contributed by atoms with Crippen LogP contribution < -0.4 is 4.90 Å². The highest BCUT2D eigenvalue weighted by Crippen LogP contribution is 2.45. The summed E-state index contributed by atoms with van der Waals surface area (Å²) in [6.07, 6.45) is 0. The summed E-state index contributed by atoms with van der Waals surface area (Å²) in [6.45, 7) is 0. The fourth-order valence-corrected chi connectivity index (χ4v) is 10.8. The van der Waals surface area contributed by atoms with Gasteiger partial charge in [0.15, 0.2) is 5.58 Å².